The van der Waals surface area contributed by atoms with Crippen molar-refractivity contribution in [1.29, 1.82) is 0 Å². The van der Waals surface area contributed by atoms with Crippen LogP contribution in [0, 0.1) is 20.8 Å². The zero-order chi connectivity index (χ0) is 13.9. The number of aliphatic hydroxyl groups is 1. The molecule has 1 rings (SSSR count). The van der Waals surface area contributed by atoms with Crippen LogP contribution in [0.5, 0.6) is 0 Å². The molecule has 2 unspecified atom stereocenters. The average Bonchev–Trinajstić information content (AvgIpc) is 2.26. The van der Waals surface area contributed by atoms with E-state index >= 15 is 0 Å². The number of carbonyl (C=O) groups is 1. The molecule has 0 heterocycles. The summed E-state index contributed by atoms with van der Waals surface area (Å²) < 4.78 is 18.4. The van der Waals surface area contributed by atoms with E-state index in [1.807, 2.05) is 19.1 Å². The van der Waals surface area contributed by atoms with Crippen molar-refractivity contribution in [2.45, 2.75) is 40.0 Å². The summed E-state index contributed by atoms with van der Waals surface area (Å²) >= 11 is 0. The highest BCUT2D eigenvalue weighted by atomic mass is 19.1. The third-order valence-electron chi connectivity index (χ3n) is 2.82. The molecule has 0 saturated carbocycles. The second-order valence-corrected chi connectivity index (χ2v) is 4.41. The Bertz CT molecular complexity index is 420. The molecule has 0 aliphatic rings. The monoisotopic (exact) mass is 254 g/mol. The van der Waals surface area contributed by atoms with Crippen LogP contribution in [-0.4, -0.2) is 23.9 Å². The molecule has 0 aliphatic carbocycles. The lowest BCUT2D eigenvalue weighted by Crippen LogP contribution is -2.27. The molecule has 1 aromatic rings. The number of aliphatic hydroxyl groups excluding tert-OH is 1. The first-order chi connectivity index (χ1) is 8.38. The number of ether oxygens (including phenoxy) is 1. The predicted molar refractivity (Wildman–Crippen MR) is 67.1 cm³/mol. The molecule has 0 amide bonds. The van der Waals surface area contributed by atoms with Gasteiger partial charge >= 0.3 is 5.97 Å². The topological polar surface area (TPSA) is 46.5 Å². The maximum Gasteiger partial charge on any atom is 0.343 e. The van der Waals surface area contributed by atoms with Crippen molar-refractivity contribution >= 4 is 5.97 Å². The van der Waals surface area contributed by atoms with Gasteiger partial charge in [0, 0.05) is 0 Å². The van der Waals surface area contributed by atoms with Crippen LogP contribution in [0.2, 0.25) is 0 Å². The van der Waals surface area contributed by atoms with Crippen molar-refractivity contribution in [1.82, 2.24) is 0 Å². The van der Waals surface area contributed by atoms with Crippen molar-refractivity contribution in [3.8, 4) is 0 Å². The zero-order valence-electron chi connectivity index (χ0n) is 11.2. The standard InChI is InChI=1S/C14H19FO3/c1-5-18-14(17)12(15)13(16)11-9(3)6-8(2)7-10(11)4/h6-7,12-13,16H,5H2,1-4H3. The molecule has 100 valence electrons. The lowest BCUT2D eigenvalue weighted by atomic mass is 9.93. The molecule has 18 heavy (non-hydrogen) atoms. The Morgan fingerprint density at radius 1 is 1.33 bits per heavy atom. The number of carbonyl (C=O) groups excluding carboxylic acids is 1. The van der Waals surface area contributed by atoms with Gasteiger partial charge in [-0.15, -0.1) is 0 Å². The Morgan fingerprint density at radius 2 is 1.83 bits per heavy atom. The Hall–Kier alpha value is -1.42. The average molecular weight is 254 g/mol. The number of hydrogen-bond donors (Lipinski definition) is 1. The van der Waals surface area contributed by atoms with Crippen LogP contribution in [0.25, 0.3) is 0 Å². The Morgan fingerprint density at radius 3 is 2.28 bits per heavy atom. The Kier molecular flexibility index (Phi) is 4.84. The van der Waals surface area contributed by atoms with Crippen molar-refractivity contribution in [2.75, 3.05) is 6.61 Å². The number of aryl methyl sites for hydroxylation is 3. The van der Waals surface area contributed by atoms with Crippen LogP contribution in [0.15, 0.2) is 12.1 Å². The van der Waals surface area contributed by atoms with E-state index in [4.69, 9.17) is 0 Å². The fourth-order valence-corrected chi connectivity index (χ4v) is 2.15. The van der Waals surface area contributed by atoms with Gasteiger partial charge in [0.25, 0.3) is 0 Å². The molecule has 2 atom stereocenters. The maximum atomic E-state index is 13.8. The molecule has 0 saturated heterocycles. The lowest BCUT2D eigenvalue weighted by molar-refractivity contribution is -0.153. The SMILES string of the molecule is CCOC(=O)C(F)C(O)c1c(C)cc(C)cc1C. The summed E-state index contributed by atoms with van der Waals surface area (Å²) in [5.74, 6) is -1.02. The number of alkyl halides is 1. The van der Waals surface area contributed by atoms with E-state index in [0.717, 1.165) is 16.7 Å². The Labute approximate surface area is 107 Å². The highest BCUT2D eigenvalue weighted by molar-refractivity contribution is 5.75. The van der Waals surface area contributed by atoms with Crippen LogP contribution >= 0.6 is 0 Å². The molecule has 0 aromatic heterocycles. The first kappa shape index (κ1) is 14.6. The molecule has 0 spiro atoms. The summed E-state index contributed by atoms with van der Waals surface area (Å²) in [6, 6.07) is 3.70. The van der Waals surface area contributed by atoms with Crippen molar-refractivity contribution < 1.29 is 19.0 Å². The van der Waals surface area contributed by atoms with Gasteiger partial charge in [-0.05, 0) is 44.4 Å². The number of halogens is 1. The van der Waals surface area contributed by atoms with E-state index in [9.17, 15) is 14.3 Å². The normalized spacial score (nSPS) is 14.1. The fourth-order valence-electron chi connectivity index (χ4n) is 2.15. The summed E-state index contributed by atoms with van der Waals surface area (Å²) in [5, 5.41) is 9.96. The van der Waals surface area contributed by atoms with Gasteiger partial charge in [0.15, 0.2) is 0 Å². The van der Waals surface area contributed by atoms with Crippen molar-refractivity contribution in [3.63, 3.8) is 0 Å². The summed E-state index contributed by atoms with van der Waals surface area (Å²) in [6.45, 7) is 7.19. The second-order valence-electron chi connectivity index (χ2n) is 4.41. The maximum absolute atomic E-state index is 13.8. The number of esters is 1. The molecule has 4 heteroatoms. The minimum Gasteiger partial charge on any atom is -0.464 e. The van der Waals surface area contributed by atoms with E-state index in [0.29, 0.717) is 5.56 Å². The van der Waals surface area contributed by atoms with Gasteiger partial charge in [0.05, 0.1) is 6.61 Å². The van der Waals surface area contributed by atoms with Gasteiger partial charge in [-0.1, -0.05) is 17.7 Å². The smallest absolute Gasteiger partial charge is 0.343 e. The minimum absolute atomic E-state index is 0.0951. The second kappa shape index (κ2) is 5.96. The van der Waals surface area contributed by atoms with E-state index in [1.165, 1.54) is 0 Å². The first-order valence-corrected chi connectivity index (χ1v) is 5.95. The molecule has 1 N–H and O–H groups in total. The van der Waals surface area contributed by atoms with E-state index in [2.05, 4.69) is 4.74 Å². The van der Waals surface area contributed by atoms with Crippen LogP contribution in [0.1, 0.15) is 35.3 Å². The van der Waals surface area contributed by atoms with Crippen LogP contribution in [0.3, 0.4) is 0 Å². The van der Waals surface area contributed by atoms with Gasteiger partial charge in [-0.25, -0.2) is 9.18 Å². The molecule has 3 nitrogen and oxygen atoms in total. The number of hydrogen-bond acceptors (Lipinski definition) is 3. The van der Waals surface area contributed by atoms with E-state index in [-0.39, 0.29) is 6.61 Å². The van der Waals surface area contributed by atoms with Crippen LogP contribution < -0.4 is 0 Å². The van der Waals surface area contributed by atoms with Gasteiger partial charge in [-0.2, -0.15) is 0 Å². The highest BCUT2D eigenvalue weighted by Crippen LogP contribution is 2.27. The number of benzene rings is 1. The van der Waals surface area contributed by atoms with Gasteiger partial charge < -0.3 is 9.84 Å². The molecule has 0 bridgehead atoms. The van der Waals surface area contributed by atoms with Crippen LogP contribution in [0.4, 0.5) is 4.39 Å². The zero-order valence-corrected chi connectivity index (χ0v) is 11.2. The largest absolute Gasteiger partial charge is 0.464 e. The summed E-state index contributed by atoms with van der Waals surface area (Å²) in [4.78, 5) is 11.3. The minimum atomic E-state index is -2.05. The lowest BCUT2D eigenvalue weighted by Gasteiger charge is -2.19. The number of rotatable bonds is 4. The van der Waals surface area contributed by atoms with E-state index in [1.54, 1.807) is 20.8 Å². The third-order valence-corrected chi connectivity index (χ3v) is 2.82. The van der Waals surface area contributed by atoms with Crippen molar-refractivity contribution in [2.24, 2.45) is 0 Å². The summed E-state index contributed by atoms with van der Waals surface area (Å²) in [5.41, 5.74) is 3.03. The molecular formula is C14H19FO3. The predicted octanol–water partition coefficient (Wildman–Crippen LogP) is 2.55. The fraction of sp³-hybridized carbons (Fsp3) is 0.500. The first-order valence-electron chi connectivity index (χ1n) is 5.95. The van der Waals surface area contributed by atoms with Crippen LogP contribution in [-0.2, 0) is 9.53 Å². The molecule has 1 aromatic carbocycles. The van der Waals surface area contributed by atoms with Gasteiger partial charge in [-0.3, -0.25) is 0 Å². The molecule has 0 aliphatic heterocycles. The van der Waals surface area contributed by atoms with Crippen molar-refractivity contribution in [3.05, 3.63) is 34.4 Å². The quantitative estimate of drug-likeness (QED) is 0.840. The Balaban J connectivity index is 3.03. The molecule has 0 fully saturated rings. The highest BCUT2D eigenvalue weighted by Gasteiger charge is 2.31. The molecular weight excluding hydrogens is 235 g/mol. The van der Waals surface area contributed by atoms with Gasteiger partial charge in [0.2, 0.25) is 6.17 Å². The summed E-state index contributed by atoms with van der Waals surface area (Å²) in [6.07, 6.45) is -3.53. The third kappa shape index (κ3) is 3.07. The summed E-state index contributed by atoms with van der Waals surface area (Å²) in [7, 11) is 0. The van der Waals surface area contributed by atoms with E-state index < -0.39 is 18.2 Å². The molecule has 0 radical (unpaired) electrons. The van der Waals surface area contributed by atoms with Gasteiger partial charge in [0.1, 0.15) is 6.10 Å².